The van der Waals surface area contributed by atoms with Crippen LogP contribution in [0.5, 0.6) is 0 Å². The van der Waals surface area contributed by atoms with E-state index < -0.39 is 5.92 Å². The minimum atomic E-state index is -2.37. The number of nitrogens with one attached hydrogen (secondary N) is 1. The fourth-order valence-corrected chi connectivity index (χ4v) is 1.15. The number of alkyl halides is 2. The topological polar surface area (TPSA) is 12.0 Å². The molecule has 1 saturated carbocycles. The summed E-state index contributed by atoms with van der Waals surface area (Å²) in [6.45, 7) is 2.89. The molecule has 0 aromatic rings. The molecule has 1 rings (SSSR count). The number of hydrogen-bond acceptors (Lipinski definition) is 1. The van der Waals surface area contributed by atoms with Crippen molar-refractivity contribution < 1.29 is 10.2 Å². The van der Waals surface area contributed by atoms with Crippen LogP contribution in [0.2, 0.25) is 0 Å². The predicted molar refractivity (Wildman–Crippen MR) is 38.4 cm³/mol. The first kappa shape index (κ1) is 7.92. The second kappa shape index (κ2) is 2.82. The lowest BCUT2D eigenvalue weighted by molar-refractivity contribution is -0.0924. The molecule has 0 saturated heterocycles. The Balaban J connectivity index is 0.000001000. The van der Waals surface area contributed by atoms with Crippen LogP contribution in [0.3, 0.4) is 0 Å². The zero-order valence-corrected chi connectivity index (χ0v) is 6.16. The lowest BCUT2D eigenvalue weighted by atomic mass is 9.88. The van der Waals surface area contributed by atoms with Gasteiger partial charge in [-0.2, -0.15) is 0 Å². The van der Waals surface area contributed by atoms with Gasteiger partial charge in [0.1, 0.15) is 0 Å². The van der Waals surface area contributed by atoms with Crippen molar-refractivity contribution >= 4 is 0 Å². The van der Waals surface area contributed by atoms with Crippen LogP contribution in [0.15, 0.2) is 0 Å². The molecule has 1 fully saturated rings. The number of hydrogen-bond donors (Lipinski definition) is 1. The van der Waals surface area contributed by atoms with Crippen LogP contribution in [-0.4, -0.2) is 18.5 Å². The van der Waals surface area contributed by atoms with E-state index in [4.69, 9.17) is 0 Å². The average Bonchev–Trinajstić information content (AvgIpc) is 1.78. The SMILES string of the molecule is CCCNC1CC(F)(F)C1.[HH]. The Hall–Kier alpha value is -0.180. The van der Waals surface area contributed by atoms with Crippen molar-refractivity contribution in [2.24, 2.45) is 0 Å². The highest BCUT2D eigenvalue weighted by Crippen LogP contribution is 2.37. The molecule has 10 heavy (non-hydrogen) atoms. The van der Waals surface area contributed by atoms with Crippen molar-refractivity contribution in [2.75, 3.05) is 6.54 Å². The zero-order chi connectivity index (χ0) is 7.61. The normalized spacial score (nSPS) is 24.3. The van der Waals surface area contributed by atoms with Gasteiger partial charge in [-0.3, -0.25) is 0 Å². The fourth-order valence-electron chi connectivity index (χ4n) is 1.15. The summed E-state index contributed by atoms with van der Waals surface area (Å²) in [5.41, 5.74) is 0. The Morgan fingerprint density at radius 1 is 1.60 bits per heavy atom. The molecule has 0 unspecified atom stereocenters. The molecule has 3 heteroatoms. The standard InChI is InChI=1S/C7H13F2N.H2/c1-2-3-10-6-4-7(8,9)5-6;/h6,10H,2-5H2,1H3;1H. The Labute approximate surface area is 61.3 Å². The first-order chi connectivity index (χ1) is 4.64. The third kappa shape index (κ3) is 1.90. The Morgan fingerprint density at radius 3 is 2.60 bits per heavy atom. The molecular formula is C7H15F2N. The van der Waals surface area contributed by atoms with Gasteiger partial charge in [0.05, 0.1) is 0 Å². The summed E-state index contributed by atoms with van der Waals surface area (Å²) < 4.78 is 24.4. The van der Waals surface area contributed by atoms with Gasteiger partial charge in [0.25, 0.3) is 5.92 Å². The summed E-state index contributed by atoms with van der Waals surface area (Å²) >= 11 is 0. The second-order valence-electron chi connectivity index (χ2n) is 2.92. The third-order valence-electron chi connectivity index (χ3n) is 1.77. The van der Waals surface area contributed by atoms with E-state index in [0.717, 1.165) is 13.0 Å². The van der Waals surface area contributed by atoms with Gasteiger partial charge < -0.3 is 5.32 Å². The predicted octanol–water partition coefficient (Wildman–Crippen LogP) is 2.03. The Bertz CT molecular complexity index is 111. The van der Waals surface area contributed by atoms with E-state index in [9.17, 15) is 8.78 Å². The van der Waals surface area contributed by atoms with Crippen molar-refractivity contribution in [1.29, 1.82) is 0 Å². The van der Waals surface area contributed by atoms with Crippen LogP contribution in [0.4, 0.5) is 8.78 Å². The van der Waals surface area contributed by atoms with Crippen LogP contribution < -0.4 is 5.32 Å². The van der Waals surface area contributed by atoms with E-state index >= 15 is 0 Å². The van der Waals surface area contributed by atoms with Crippen molar-refractivity contribution in [1.82, 2.24) is 5.32 Å². The maximum Gasteiger partial charge on any atom is 0.251 e. The van der Waals surface area contributed by atoms with Gasteiger partial charge >= 0.3 is 0 Å². The second-order valence-corrected chi connectivity index (χ2v) is 2.92. The quantitative estimate of drug-likeness (QED) is 0.650. The minimum Gasteiger partial charge on any atom is -0.314 e. The van der Waals surface area contributed by atoms with E-state index in [-0.39, 0.29) is 20.3 Å². The van der Waals surface area contributed by atoms with E-state index in [0.29, 0.717) is 0 Å². The summed E-state index contributed by atoms with van der Waals surface area (Å²) in [5.74, 6) is -2.37. The van der Waals surface area contributed by atoms with Crippen LogP contribution in [-0.2, 0) is 0 Å². The summed E-state index contributed by atoms with van der Waals surface area (Å²) in [4.78, 5) is 0. The third-order valence-corrected chi connectivity index (χ3v) is 1.77. The van der Waals surface area contributed by atoms with Crippen molar-refractivity contribution in [3.05, 3.63) is 0 Å². The number of halogens is 2. The molecule has 0 heterocycles. The monoisotopic (exact) mass is 151 g/mol. The van der Waals surface area contributed by atoms with E-state index in [1.165, 1.54) is 0 Å². The summed E-state index contributed by atoms with van der Waals surface area (Å²) in [7, 11) is 0. The maximum absolute atomic E-state index is 12.2. The molecule has 1 N–H and O–H groups in total. The summed E-state index contributed by atoms with van der Waals surface area (Å²) in [6, 6.07) is 0.0787. The van der Waals surface area contributed by atoms with Crippen LogP contribution in [0, 0.1) is 0 Å². The molecular weight excluding hydrogens is 136 g/mol. The highest BCUT2D eigenvalue weighted by molar-refractivity contribution is 4.90. The van der Waals surface area contributed by atoms with E-state index in [1.807, 2.05) is 6.92 Å². The van der Waals surface area contributed by atoms with Gasteiger partial charge in [-0.15, -0.1) is 0 Å². The highest BCUT2D eigenvalue weighted by Gasteiger charge is 2.44. The molecule has 0 spiro atoms. The van der Waals surface area contributed by atoms with Crippen LogP contribution in [0.1, 0.15) is 27.6 Å². The number of rotatable bonds is 3. The Morgan fingerprint density at radius 2 is 2.20 bits per heavy atom. The molecule has 1 aliphatic rings. The molecule has 0 aromatic heterocycles. The molecule has 62 valence electrons. The highest BCUT2D eigenvalue weighted by atomic mass is 19.3. The summed E-state index contributed by atoms with van der Waals surface area (Å²) in [5, 5.41) is 3.04. The summed E-state index contributed by atoms with van der Waals surface area (Å²) in [6.07, 6.45) is 1.09. The van der Waals surface area contributed by atoms with Gasteiger partial charge in [-0.1, -0.05) is 6.92 Å². The van der Waals surface area contributed by atoms with Gasteiger partial charge in [0, 0.05) is 20.3 Å². The van der Waals surface area contributed by atoms with Crippen molar-refractivity contribution in [3.63, 3.8) is 0 Å². The lowest BCUT2D eigenvalue weighted by Crippen LogP contribution is -2.48. The van der Waals surface area contributed by atoms with Gasteiger partial charge in [-0.25, -0.2) is 8.78 Å². The molecule has 0 aliphatic heterocycles. The molecule has 0 bridgehead atoms. The largest absolute Gasteiger partial charge is 0.314 e. The van der Waals surface area contributed by atoms with Crippen LogP contribution in [0.25, 0.3) is 0 Å². The maximum atomic E-state index is 12.2. The first-order valence-corrected chi connectivity index (χ1v) is 3.75. The Kier molecular flexibility index (Phi) is 2.24. The van der Waals surface area contributed by atoms with E-state index in [1.54, 1.807) is 0 Å². The average molecular weight is 151 g/mol. The molecule has 1 nitrogen and oxygen atoms in total. The van der Waals surface area contributed by atoms with Gasteiger partial charge in [0.15, 0.2) is 0 Å². The van der Waals surface area contributed by atoms with Gasteiger partial charge in [0.2, 0.25) is 0 Å². The fraction of sp³-hybridized carbons (Fsp3) is 1.00. The smallest absolute Gasteiger partial charge is 0.251 e. The van der Waals surface area contributed by atoms with Crippen molar-refractivity contribution in [3.8, 4) is 0 Å². The lowest BCUT2D eigenvalue weighted by Gasteiger charge is -2.35. The molecule has 0 aromatic carbocycles. The van der Waals surface area contributed by atoms with Crippen LogP contribution >= 0.6 is 0 Å². The van der Waals surface area contributed by atoms with E-state index in [2.05, 4.69) is 5.32 Å². The molecule has 1 aliphatic carbocycles. The minimum absolute atomic E-state index is 0. The van der Waals surface area contributed by atoms with Gasteiger partial charge in [-0.05, 0) is 13.0 Å². The van der Waals surface area contributed by atoms with Crippen molar-refractivity contribution in [2.45, 2.75) is 38.2 Å². The molecule has 0 radical (unpaired) electrons. The molecule has 0 amide bonds. The molecule has 0 atom stereocenters. The first-order valence-electron chi connectivity index (χ1n) is 3.75. The zero-order valence-electron chi connectivity index (χ0n) is 6.16.